The molecule has 0 rings (SSSR count). The zero-order chi connectivity index (χ0) is 58.5. The van der Waals surface area contributed by atoms with E-state index in [0.717, 1.165) is 161 Å². The normalized spacial score (nSPS) is 13.2. The Bertz CT molecular complexity index is 1810. The molecule has 0 heterocycles. The summed E-state index contributed by atoms with van der Waals surface area (Å²) in [7, 11) is 0. The van der Waals surface area contributed by atoms with Crippen LogP contribution in [0.15, 0.2) is 158 Å². The Morgan fingerprint density at radius 1 is 0.259 bits per heavy atom. The van der Waals surface area contributed by atoms with Crippen molar-refractivity contribution in [3.63, 3.8) is 0 Å². The lowest BCUT2D eigenvalue weighted by molar-refractivity contribution is -0.167. The van der Waals surface area contributed by atoms with Crippen LogP contribution in [-0.4, -0.2) is 37.2 Å². The third-order valence-electron chi connectivity index (χ3n) is 13.5. The second-order valence-corrected chi connectivity index (χ2v) is 21.3. The van der Waals surface area contributed by atoms with Gasteiger partial charge in [0, 0.05) is 19.3 Å². The SMILES string of the molecule is CC/C=C\C/C=C\C/C=C\C/C=C\C/C=C\C/C=C\C/C=C\CCCCCC(=O)OCC(COC(=O)CCCCCCCC/C=C\C/C=C\C/C=C\CCCCC)OC(=O)CCCCCCCC/C=C\C/C=C\C/C=C\CCCCC. The molecule has 0 N–H and O–H groups in total. The zero-order valence-electron chi connectivity index (χ0n) is 52.2. The van der Waals surface area contributed by atoms with Gasteiger partial charge in [-0.3, -0.25) is 14.4 Å². The van der Waals surface area contributed by atoms with Crippen LogP contribution in [0.25, 0.3) is 0 Å². The van der Waals surface area contributed by atoms with Crippen molar-refractivity contribution in [2.45, 2.75) is 284 Å². The number of unbranched alkanes of at least 4 members (excludes halogenated alkanes) is 21. The molecule has 6 nitrogen and oxygen atoms in total. The van der Waals surface area contributed by atoms with Gasteiger partial charge in [0.25, 0.3) is 0 Å². The third-order valence-corrected chi connectivity index (χ3v) is 13.5. The van der Waals surface area contributed by atoms with Gasteiger partial charge in [0.15, 0.2) is 6.10 Å². The molecule has 1 atom stereocenters. The van der Waals surface area contributed by atoms with Gasteiger partial charge in [-0.15, -0.1) is 0 Å². The van der Waals surface area contributed by atoms with Gasteiger partial charge >= 0.3 is 17.9 Å². The lowest BCUT2D eigenvalue weighted by Gasteiger charge is -2.18. The van der Waals surface area contributed by atoms with E-state index in [1.807, 2.05) is 0 Å². The summed E-state index contributed by atoms with van der Waals surface area (Å²) in [5.41, 5.74) is 0. The fourth-order valence-electron chi connectivity index (χ4n) is 8.55. The van der Waals surface area contributed by atoms with E-state index < -0.39 is 6.10 Å². The van der Waals surface area contributed by atoms with Crippen LogP contribution in [0.3, 0.4) is 0 Å². The van der Waals surface area contributed by atoms with Crippen molar-refractivity contribution in [2.75, 3.05) is 13.2 Å². The predicted molar refractivity (Wildman–Crippen MR) is 352 cm³/mol. The van der Waals surface area contributed by atoms with Crippen molar-refractivity contribution in [2.24, 2.45) is 0 Å². The van der Waals surface area contributed by atoms with E-state index in [1.165, 1.54) is 77.0 Å². The van der Waals surface area contributed by atoms with Gasteiger partial charge in [0.05, 0.1) is 0 Å². The topological polar surface area (TPSA) is 78.9 Å². The van der Waals surface area contributed by atoms with E-state index in [-0.39, 0.29) is 31.1 Å². The molecule has 6 heteroatoms. The summed E-state index contributed by atoms with van der Waals surface area (Å²) in [5.74, 6) is -0.967. The van der Waals surface area contributed by atoms with Crippen molar-refractivity contribution >= 4 is 17.9 Å². The molecule has 0 radical (unpaired) electrons. The molecule has 0 aliphatic carbocycles. The molecule has 0 fully saturated rings. The molecule has 0 aromatic heterocycles. The van der Waals surface area contributed by atoms with Crippen LogP contribution in [0, 0.1) is 0 Å². The maximum Gasteiger partial charge on any atom is 0.306 e. The van der Waals surface area contributed by atoms with Gasteiger partial charge in [-0.1, -0.05) is 262 Å². The summed E-state index contributed by atoms with van der Waals surface area (Å²) < 4.78 is 16.9. The molecule has 0 aromatic rings. The first-order valence-electron chi connectivity index (χ1n) is 33.0. The van der Waals surface area contributed by atoms with Crippen molar-refractivity contribution in [1.82, 2.24) is 0 Å². The Kier molecular flexibility index (Phi) is 63.4. The molecule has 0 saturated carbocycles. The Morgan fingerprint density at radius 3 is 0.765 bits per heavy atom. The minimum Gasteiger partial charge on any atom is -0.462 e. The van der Waals surface area contributed by atoms with Gasteiger partial charge in [-0.05, 0) is 154 Å². The van der Waals surface area contributed by atoms with Crippen LogP contribution >= 0.6 is 0 Å². The lowest BCUT2D eigenvalue weighted by Crippen LogP contribution is -2.30. The number of rotatable bonds is 58. The van der Waals surface area contributed by atoms with Crippen LogP contribution in [0.1, 0.15) is 278 Å². The fourth-order valence-corrected chi connectivity index (χ4v) is 8.55. The standard InChI is InChI=1S/C75H120O6/c1-4-7-10-13-16-19-22-25-28-31-34-35-36-37-38-39-42-44-47-50-53-56-59-62-65-68-74(77)80-71-72(81-75(78)69-66-63-60-57-54-51-48-45-41-33-30-27-24-21-18-15-12-9-6-3)70-79-73(76)67-64-61-58-55-52-49-46-43-40-32-29-26-23-20-17-14-11-8-5-2/h7,10,16-21,25-30,34-35,37-38,40-45,50,53,72H,4-6,8-9,11-15,22-24,31-33,36,39,46-49,51-52,54-71H2,1-3H3/b10-7-,19-16-,20-17-,21-18-,28-25-,29-26-,30-27-,35-34-,38-37-,43-40-,44-42-,45-41-,53-50-. The number of hydrogen-bond donors (Lipinski definition) is 0. The minimum absolute atomic E-state index is 0.108. The van der Waals surface area contributed by atoms with Crippen molar-refractivity contribution in [3.05, 3.63) is 158 Å². The number of carbonyl (C=O) groups excluding carboxylic acids is 3. The summed E-state index contributed by atoms with van der Waals surface area (Å²) in [6.45, 7) is 6.42. The van der Waals surface area contributed by atoms with E-state index in [1.54, 1.807) is 0 Å². The molecular formula is C75H120O6. The third kappa shape index (κ3) is 65.7. The largest absolute Gasteiger partial charge is 0.462 e. The molecule has 0 bridgehead atoms. The number of allylic oxidation sites excluding steroid dienone is 26. The summed E-state index contributed by atoms with van der Waals surface area (Å²) in [6.07, 6.45) is 98.1. The first-order chi connectivity index (χ1) is 40.0. The molecule has 456 valence electrons. The van der Waals surface area contributed by atoms with Gasteiger partial charge in [0.2, 0.25) is 0 Å². The maximum absolute atomic E-state index is 12.9. The average Bonchev–Trinajstić information content (AvgIpc) is 3.47. The quantitative estimate of drug-likeness (QED) is 0.0261. The molecule has 81 heavy (non-hydrogen) atoms. The van der Waals surface area contributed by atoms with Crippen LogP contribution in [0.2, 0.25) is 0 Å². The molecule has 0 amide bonds. The highest BCUT2D eigenvalue weighted by Gasteiger charge is 2.19. The molecule has 0 aliphatic heterocycles. The fraction of sp³-hybridized carbons (Fsp3) is 0.613. The van der Waals surface area contributed by atoms with Crippen LogP contribution in [0.4, 0.5) is 0 Å². The molecular weight excluding hydrogens is 997 g/mol. The highest BCUT2D eigenvalue weighted by atomic mass is 16.6. The molecule has 0 spiro atoms. The van der Waals surface area contributed by atoms with Crippen molar-refractivity contribution in [3.8, 4) is 0 Å². The molecule has 0 aliphatic rings. The van der Waals surface area contributed by atoms with E-state index in [0.29, 0.717) is 19.3 Å². The summed E-state index contributed by atoms with van der Waals surface area (Å²) >= 11 is 0. The van der Waals surface area contributed by atoms with E-state index in [2.05, 4.69) is 179 Å². The Balaban J connectivity index is 4.53. The Morgan fingerprint density at radius 2 is 0.481 bits per heavy atom. The Hall–Kier alpha value is -4.97. The molecule has 0 saturated heterocycles. The first kappa shape index (κ1) is 76.0. The smallest absolute Gasteiger partial charge is 0.306 e. The van der Waals surface area contributed by atoms with Gasteiger partial charge in [-0.25, -0.2) is 0 Å². The molecule has 0 aromatic carbocycles. The predicted octanol–water partition coefficient (Wildman–Crippen LogP) is 22.9. The van der Waals surface area contributed by atoms with E-state index in [9.17, 15) is 14.4 Å². The number of esters is 3. The van der Waals surface area contributed by atoms with Crippen molar-refractivity contribution in [1.29, 1.82) is 0 Å². The summed E-state index contributed by atoms with van der Waals surface area (Å²) in [5, 5.41) is 0. The van der Waals surface area contributed by atoms with Gasteiger partial charge in [0.1, 0.15) is 13.2 Å². The maximum atomic E-state index is 12.9. The van der Waals surface area contributed by atoms with Crippen LogP contribution in [-0.2, 0) is 28.6 Å². The van der Waals surface area contributed by atoms with Crippen molar-refractivity contribution < 1.29 is 28.6 Å². The van der Waals surface area contributed by atoms with E-state index >= 15 is 0 Å². The number of hydrogen-bond acceptors (Lipinski definition) is 6. The highest BCUT2D eigenvalue weighted by molar-refractivity contribution is 5.71. The summed E-state index contributed by atoms with van der Waals surface area (Å²) in [4.78, 5) is 38.4. The van der Waals surface area contributed by atoms with E-state index in [4.69, 9.17) is 14.2 Å². The lowest BCUT2D eigenvalue weighted by atomic mass is 10.1. The average molecular weight is 1120 g/mol. The number of ether oxygens (including phenoxy) is 3. The minimum atomic E-state index is -0.815. The first-order valence-corrected chi connectivity index (χ1v) is 33.0. The zero-order valence-corrected chi connectivity index (χ0v) is 52.2. The molecule has 1 unspecified atom stereocenters. The highest BCUT2D eigenvalue weighted by Crippen LogP contribution is 2.14. The monoisotopic (exact) mass is 1120 g/mol. The van der Waals surface area contributed by atoms with Crippen LogP contribution < -0.4 is 0 Å². The van der Waals surface area contributed by atoms with Gasteiger partial charge in [-0.2, -0.15) is 0 Å². The Labute approximate surface area is 499 Å². The van der Waals surface area contributed by atoms with Crippen LogP contribution in [0.5, 0.6) is 0 Å². The second-order valence-electron chi connectivity index (χ2n) is 21.3. The second kappa shape index (κ2) is 67.5. The summed E-state index contributed by atoms with van der Waals surface area (Å²) in [6, 6.07) is 0. The number of carbonyl (C=O) groups is 3. The van der Waals surface area contributed by atoms with Gasteiger partial charge < -0.3 is 14.2 Å².